The van der Waals surface area contributed by atoms with Crippen molar-refractivity contribution in [2.24, 2.45) is 27.7 Å². The summed E-state index contributed by atoms with van der Waals surface area (Å²) in [6.07, 6.45) is 5.12. The molecule has 0 saturated heterocycles. The van der Waals surface area contributed by atoms with Crippen LogP contribution < -0.4 is 0 Å². The first-order valence-corrected chi connectivity index (χ1v) is 8.12. The Morgan fingerprint density at radius 1 is 1.24 bits per heavy atom. The van der Waals surface area contributed by atoms with Gasteiger partial charge in [-0.25, -0.2) is 0 Å². The average molecular weight is 291 g/mol. The molecule has 0 aromatic carbocycles. The SMILES string of the molecule is CC[C@@H]1C[C@H](CN=CC2=C(O)CC(C)(C)CC2=O)C1(C)C. The van der Waals surface area contributed by atoms with Gasteiger partial charge in [-0.2, -0.15) is 0 Å². The van der Waals surface area contributed by atoms with Gasteiger partial charge in [0.1, 0.15) is 5.76 Å². The van der Waals surface area contributed by atoms with Gasteiger partial charge < -0.3 is 5.11 Å². The van der Waals surface area contributed by atoms with Gasteiger partial charge >= 0.3 is 0 Å². The molecule has 1 N–H and O–H groups in total. The largest absolute Gasteiger partial charge is 0.511 e. The lowest BCUT2D eigenvalue weighted by atomic mass is 9.54. The topological polar surface area (TPSA) is 49.7 Å². The first kappa shape index (κ1) is 16.3. The Morgan fingerprint density at radius 2 is 1.90 bits per heavy atom. The second kappa shape index (κ2) is 5.58. The van der Waals surface area contributed by atoms with E-state index >= 15 is 0 Å². The predicted molar refractivity (Wildman–Crippen MR) is 86.7 cm³/mol. The molecule has 0 heterocycles. The number of Topliss-reactive ketones (excluding diaryl/α,β-unsaturated/α-hetero) is 1. The van der Waals surface area contributed by atoms with E-state index in [0.29, 0.717) is 29.7 Å². The van der Waals surface area contributed by atoms with Crippen LogP contribution >= 0.6 is 0 Å². The summed E-state index contributed by atoms with van der Waals surface area (Å²) in [4.78, 5) is 16.6. The Morgan fingerprint density at radius 3 is 2.43 bits per heavy atom. The fourth-order valence-electron chi connectivity index (χ4n) is 3.85. The number of aliphatic hydroxyl groups is 1. The molecule has 21 heavy (non-hydrogen) atoms. The van der Waals surface area contributed by atoms with Gasteiger partial charge in [-0.15, -0.1) is 0 Å². The molecule has 0 aromatic heterocycles. The minimum Gasteiger partial charge on any atom is -0.511 e. The summed E-state index contributed by atoms with van der Waals surface area (Å²) >= 11 is 0. The summed E-state index contributed by atoms with van der Waals surface area (Å²) in [6, 6.07) is 0. The minimum absolute atomic E-state index is 0.0202. The zero-order valence-corrected chi connectivity index (χ0v) is 14.1. The molecular weight excluding hydrogens is 262 g/mol. The third-order valence-electron chi connectivity index (χ3n) is 5.61. The van der Waals surface area contributed by atoms with E-state index in [9.17, 15) is 9.90 Å². The lowest BCUT2D eigenvalue weighted by Gasteiger charge is -2.51. The third-order valence-corrected chi connectivity index (χ3v) is 5.61. The molecule has 2 aliphatic rings. The lowest BCUT2D eigenvalue weighted by molar-refractivity contribution is -0.117. The monoisotopic (exact) mass is 291 g/mol. The van der Waals surface area contributed by atoms with Crippen molar-refractivity contribution in [1.29, 1.82) is 0 Å². The van der Waals surface area contributed by atoms with Crippen LogP contribution in [-0.4, -0.2) is 23.6 Å². The van der Waals surface area contributed by atoms with Crippen molar-refractivity contribution in [2.75, 3.05) is 6.54 Å². The summed E-state index contributed by atoms with van der Waals surface area (Å²) in [5.41, 5.74) is 0.641. The lowest BCUT2D eigenvalue weighted by Crippen LogP contribution is -2.45. The van der Waals surface area contributed by atoms with Crippen LogP contribution in [0.25, 0.3) is 0 Å². The van der Waals surface area contributed by atoms with Gasteiger partial charge in [0.15, 0.2) is 5.78 Å². The smallest absolute Gasteiger partial charge is 0.168 e. The second-order valence-electron chi connectivity index (χ2n) is 8.15. The van der Waals surface area contributed by atoms with Crippen LogP contribution in [0.4, 0.5) is 0 Å². The molecule has 2 rings (SSSR count). The number of aliphatic imine (C=N–C) groups is 1. The molecule has 1 fully saturated rings. The van der Waals surface area contributed by atoms with Gasteiger partial charge in [0, 0.05) is 25.6 Å². The predicted octanol–water partition coefficient (Wildman–Crippen LogP) is 4.33. The van der Waals surface area contributed by atoms with E-state index in [4.69, 9.17) is 0 Å². The summed E-state index contributed by atoms with van der Waals surface area (Å²) in [7, 11) is 0. The summed E-state index contributed by atoms with van der Waals surface area (Å²) in [6.45, 7) is 11.7. The Balaban J connectivity index is 1.98. The molecule has 0 amide bonds. The van der Waals surface area contributed by atoms with E-state index in [2.05, 4.69) is 25.8 Å². The fourth-order valence-corrected chi connectivity index (χ4v) is 3.85. The maximum absolute atomic E-state index is 12.1. The summed E-state index contributed by atoms with van der Waals surface area (Å²) in [5, 5.41) is 10.1. The molecule has 118 valence electrons. The molecule has 2 atom stereocenters. The van der Waals surface area contributed by atoms with Crippen molar-refractivity contribution in [1.82, 2.24) is 0 Å². The van der Waals surface area contributed by atoms with E-state index in [1.807, 2.05) is 13.8 Å². The minimum atomic E-state index is -0.136. The molecule has 0 unspecified atom stereocenters. The maximum atomic E-state index is 12.1. The number of nitrogens with zero attached hydrogens (tertiary/aromatic N) is 1. The Bertz CT molecular complexity index is 485. The molecule has 0 spiro atoms. The number of carbonyl (C=O) groups is 1. The number of hydrogen-bond acceptors (Lipinski definition) is 3. The number of allylic oxidation sites excluding steroid dienone is 2. The first-order valence-electron chi connectivity index (χ1n) is 8.12. The van der Waals surface area contributed by atoms with Crippen LogP contribution in [0.3, 0.4) is 0 Å². The molecule has 0 radical (unpaired) electrons. The van der Waals surface area contributed by atoms with Crippen molar-refractivity contribution in [3.63, 3.8) is 0 Å². The highest BCUT2D eigenvalue weighted by Gasteiger charge is 2.46. The molecule has 1 saturated carbocycles. The zero-order chi connectivity index (χ0) is 15.8. The van der Waals surface area contributed by atoms with Crippen LogP contribution in [-0.2, 0) is 4.79 Å². The zero-order valence-electron chi connectivity index (χ0n) is 14.1. The normalized spacial score (nSPS) is 31.6. The summed E-state index contributed by atoms with van der Waals surface area (Å²) in [5.74, 6) is 1.62. The Hall–Kier alpha value is -1.12. The van der Waals surface area contributed by atoms with Crippen LogP contribution in [0.2, 0.25) is 0 Å². The van der Waals surface area contributed by atoms with E-state index in [1.54, 1.807) is 6.21 Å². The van der Waals surface area contributed by atoms with Crippen LogP contribution in [0.5, 0.6) is 0 Å². The summed E-state index contributed by atoms with van der Waals surface area (Å²) < 4.78 is 0. The van der Waals surface area contributed by atoms with Crippen molar-refractivity contribution in [3.05, 3.63) is 11.3 Å². The van der Waals surface area contributed by atoms with Gasteiger partial charge in [0.2, 0.25) is 0 Å². The number of carbonyl (C=O) groups excluding carboxylic acids is 1. The molecule has 3 heteroatoms. The van der Waals surface area contributed by atoms with Gasteiger partial charge in [-0.3, -0.25) is 9.79 Å². The number of rotatable bonds is 4. The van der Waals surface area contributed by atoms with Crippen LogP contribution in [0.1, 0.15) is 60.3 Å². The maximum Gasteiger partial charge on any atom is 0.168 e. The second-order valence-corrected chi connectivity index (χ2v) is 8.15. The first-order chi connectivity index (χ1) is 9.67. The van der Waals surface area contributed by atoms with Crippen molar-refractivity contribution in [3.8, 4) is 0 Å². The molecule has 2 aliphatic carbocycles. The van der Waals surface area contributed by atoms with Gasteiger partial charge in [0.05, 0.1) is 5.57 Å². The standard InChI is InChI=1S/C18H29NO2/c1-6-12-7-13(18(12,4)5)10-19-11-14-15(20)8-17(2,3)9-16(14)21/h11-13,20H,6-10H2,1-5H3/t12-,13-/m1/s1. The van der Waals surface area contributed by atoms with E-state index in [-0.39, 0.29) is 17.0 Å². The third kappa shape index (κ3) is 3.22. The number of ketones is 1. The van der Waals surface area contributed by atoms with Crippen LogP contribution in [0.15, 0.2) is 16.3 Å². The Labute approximate surface area is 128 Å². The fraction of sp³-hybridized carbons (Fsp3) is 0.778. The molecule has 0 aliphatic heterocycles. The van der Waals surface area contributed by atoms with Gasteiger partial charge in [-0.1, -0.05) is 41.0 Å². The molecular formula is C18H29NO2. The average Bonchev–Trinajstić information content (AvgIpc) is 2.33. The van der Waals surface area contributed by atoms with Crippen LogP contribution in [0, 0.1) is 22.7 Å². The number of hydrogen-bond donors (Lipinski definition) is 1. The van der Waals surface area contributed by atoms with Crippen molar-refractivity contribution in [2.45, 2.75) is 60.3 Å². The van der Waals surface area contributed by atoms with Crippen molar-refractivity contribution >= 4 is 12.0 Å². The van der Waals surface area contributed by atoms with Gasteiger partial charge in [0.25, 0.3) is 0 Å². The molecule has 0 bridgehead atoms. The highest BCUT2D eigenvalue weighted by molar-refractivity contribution is 6.14. The highest BCUT2D eigenvalue weighted by Crippen LogP contribution is 2.52. The molecule has 3 nitrogen and oxygen atoms in total. The quantitative estimate of drug-likeness (QED) is 0.784. The van der Waals surface area contributed by atoms with Crippen molar-refractivity contribution < 1.29 is 9.90 Å². The number of aliphatic hydroxyl groups excluding tert-OH is 1. The Kier molecular flexibility index (Phi) is 4.32. The van der Waals surface area contributed by atoms with E-state index < -0.39 is 0 Å². The van der Waals surface area contributed by atoms with E-state index in [0.717, 1.165) is 12.5 Å². The van der Waals surface area contributed by atoms with E-state index in [1.165, 1.54) is 12.8 Å². The van der Waals surface area contributed by atoms with Gasteiger partial charge in [-0.05, 0) is 29.1 Å². The molecule has 0 aromatic rings. The highest BCUT2D eigenvalue weighted by atomic mass is 16.3.